The van der Waals surface area contributed by atoms with Crippen molar-refractivity contribution in [1.82, 2.24) is 9.55 Å². The molecule has 0 atom stereocenters. The van der Waals surface area contributed by atoms with Crippen molar-refractivity contribution in [2.45, 2.75) is 19.8 Å². The Balaban J connectivity index is 1.35. The minimum atomic E-state index is 0.499. The highest BCUT2D eigenvalue weighted by Crippen LogP contribution is 2.45. The Labute approximate surface area is 264 Å². The van der Waals surface area contributed by atoms with Crippen molar-refractivity contribution in [3.05, 3.63) is 150 Å². The number of allylic oxidation sites excluding steroid dienone is 4. The smallest absolute Gasteiger partial charge is 0.0579 e. The Hall–Kier alpha value is -5.32. The van der Waals surface area contributed by atoms with Crippen LogP contribution < -0.4 is 10.6 Å². The lowest BCUT2D eigenvalue weighted by Gasteiger charge is -2.28. The second kappa shape index (κ2) is 10.7. The number of H-pyrrole nitrogens is 1. The standard InChI is InChI=1S/C41H36N4/c1-4-27(24-42)29-17-19-44(3)40-23-37-30(22-36(40)26(2)20-29)10-12-34-33(37)13-14-35-38-21-28(31-16-18-43-25-31)11-15-39(38)45(41(34)35)32-8-6-5-7-9-32/h4-9,11,13-23,25,43H,2,10,12,24,42H2,1,3H3/b19-17-,27-4+,29-20+. The first-order chi connectivity index (χ1) is 22.1. The largest absolute Gasteiger partial charge is 0.367 e. The topological polar surface area (TPSA) is 50.0 Å². The number of rotatable bonds is 4. The Morgan fingerprint density at radius 2 is 1.78 bits per heavy atom. The normalized spacial score (nSPS) is 16.5. The molecular weight excluding hydrogens is 548 g/mol. The maximum absolute atomic E-state index is 6.07. The molecule has 1 aliphatic heterocycles. The number of aryl methyl sites for hydroxylation is 2. The first-order valence-corrected chi connectivity index (χ1v) is 15.7. The molecule has 0 bridgehead atoms. The van der Waals surface area contributed by atoms with Crippen molar-refractivity contribution in [3.63, 3.8) is 0 Å². The molecule has 4 heteroatoms. The molecule has 0 fully saturated rings. The number of nitrogens with one attached hydrogen (secondary N) is 1. The number of anilines is 1. The van der Waals surface area contributed by atoms with Gasteiger partial charge in [-0.05, 0) is 124 Å². The molecule has 8 rings (SSSR count). The summed E-state index contributed by atoms with van der Waals surface area (Å²) in [5.41, 5.74) is 23.2. The molecule has 3 heterocycles. The summed E-state index contributed by atoms with van der Waals surface area (Å²) in [6.07, 6.45) is 14.6. The molecule has 2 aliphatic rings. The van der Waals surface area contributed by atoms with E-state index in [9.17, 15) is 0 Å². The van der Waals surface area contributed by atoms with E-state index < -0.39 is 0 Å². The van der Waals surface area contributed by atoms with Crippen LogP contribution in [-0.4, -0.2) is 23.1 Å². The Bertz CT molecular complexity index is 2220. The summed E-state index contributed by atoms with van der Waals surface area (Å²) in [6.45, 7) is 7.05. The van der Waals surface area contributed by atoms with E-state index >= 15 is 0 Å². The molecule has 0 radical (unpaired) electrons. The monoisotopic (exact) mass is 584 g/mol. The van der Waals surface area contributed by atoms with Crippen LogP contribution in [0.1, 0.15) is 23.6 Å². The average molecular weight is 585 g/mol. The van der Waals surface area contributed by atoms with E-state index in [-0.39, 0.29) is 0 Å². The number of hydrogen-bond acceptors (Lipinski definition) is 2. The Morgan fingerprint density at radius 3 is 2.56 bits per heavy atom. The highest BCUT2D eigenvalue weighted by Gasteiger charge is 2.25. The molecule has 1 aliphatic carbocycles. The summed E-state index contributed by atoms with van der Waals surface area (Å²) < 4.78 is 2.47. The predicted octanol–water partition coefficient (Wildman–Crippen LogP) is 9.35. The predicted molar refractivity (Wildman–Crippen MR) is 191 cm³/mol. The Morgan fingerprint density at radius 1 is 0.911 bits per heavy atom. The molecule has 3 N–H and O–H groups in total. The van der Waals surface area contributed by atoms with Gasteiger partial charge >= 0.3 is 0 Å². The number of nitrogens with two attached hydrogens (primary N) is 1. The summed E-state index contributed by atoms with van der Waals surface area (Å²) in [5.74, 6) is 0. The number of nitrogens with zero attached hydrogens (tertiary/aromatic N) is 2. The van der Waals surface area contributed by atoms with Crippen LogP contribution in [0.2, 0.25) is 0 Å². The van der Waals surface area contributed by atoms with Crippen LogP contribution >= 0.6 is 0 Å². The van der Waals surface area contributed by atoms with E-state index in [0.717, 1.165) is 35.2 Å². The number of aromatic amines is 1. The molecule has 4 aromatic carbocycles. The number of benzene rings is 4. The van der Waals surface area contributed by atoms with E-state index in [1.54, 1.807) is 0 Å². The molecule has 45 heavy (non-hydrogen) atoms. The van der Waals surface area contributed by atoms with Crippen LogP contribution in [-0.2, 0) is 12.8 Å². The van der Waals surface area contributed by atoms with E-state index in [2.05, 4.69) is 138 Å². The molecule has 2 aromatic heterocycles. The zero-order chi connectivity index (χ0) is 30.7. The van der Waals surface area contributed by atoms with Gasteiger partial charge < -0.3 is 20.2 Å². The second-order valence-corrected chi connectivity index (χ2v) is 12.1. The van der Waals surface area contributed by atoms with Crippen LogP contribution in [0.4, 0.5) is 5.69 Å². The minimum Gasteiger partial charge on any atom is -0.367 e. The van der Waals surface area contributed by atoms with Gasteiger partial charge in [-0.3, -0.25) is 0 Å². The molecule has 6 aromatic rings. The van der Waals surface area contributed by atoms with Crippen molar-refractivity contribution in [1.29, 1.82) is 0 Å². The third-order valence-corrected chi connectivity index (χ3v) is 9.61. The summed E-state index contributed by atoms with van der Waals surface area (Å²) in [4.78, 5) is 5.43. The first-order valence-electron chi connectivity index (χ1n) is 15.7. The first kappa shape index (κ1) is 27.2. The van der Waals surface area contributed by atoms with Crippen LogP contribution in [0.3, 0.4) is 0 Å². The van der Waals surface area contributed by atoms with Crippen LogP contribution in [0, 0.1) is 0 Å². The maximum Gasteiger partial charge on any atom is 0.0579 e. The van der Waals surface area contributed by atoms with E-state index in [4.69, 9.17) is 5.73 Å². The van der Waals surface area contributed by atoms with Gasteiger partial charge in [0, 0.05) is 59.9 Å². The van der Waals surface area contributed by atoms with E-state index in [1.165, 1.54) is 66.4 Å². The van der Waals surface area contributed by atoms with Gasteiger partial charge in [0.1, 0.15) is 0 Å². The van der Waals surface area contributed by atoms with Gasteiger partial charge in [0.2, 0.25) is 0 Å². The van der Waals surface area contributed by atoms with Gasteiger partial charge in [0.05, 0.1) is 11.0 Å². The van der Waals surface area contributed by atoms with Crippen molar-refractivity contribution in [2.75, 3.05) is 18.5 Å². The summed E-state index contributed by atoms with van der Waals surface area (Å²) in [5, 5.41) is 2.58. The highest BCUT2D eigenvalue weighted by molar-refractivity contribution is 6.13. The molecule has 0 spiro atoms. The average Bonchev–Trinajstić information content (AvgIpc) is 3.73. The lowest BCUT2D eigenvalue weighted by molar-refractivity contribution is 0.941. The van der Waals surface area contributed by atoms with Gasteiger partial charge in [-0.15, -0.1) is 0 Å². The Kier molecular flexibility index (Phi) is 6.47. The van der Waals surface area contributed by atoms with Crippen LogP contribution in [0.5, 0.6) is 0 Å². The molecule has 0 amide bonds. The quantitative estimate of drug-likeness (QED) is 0.217. The molecule has 0 saturated heterocycles. The fourth-order valence-electron chi connectivity index (χ4n) is 7.30. The second-order valence-electron chi connectivity index (χ2n) is 12.1. The molecule has 220 valence electrons. The molecular formula is C41H36N4. The third-order valence-electron chi connectivity index (χ3n) is 9.61. The summed E-state index contributed by atoms with van der Waals surface area (Å²) in [6, 6.07) is 29.2. The fourth-order valence-corrected chi connectivity index (χ4v) is 7.30. The SMILES string of the molecule is C=C1/C=C(/C(=C/C)CN)\C=C/N(C)c2cc3c(cc21)CCc1c-3ccc2c3cc(-c4cc[nH]c4)ccc3n(-c3ccccc3)c12. The number of para-hydroxylation sites is 1. The van der Waals surface area contributed by atoms with Gasteiger partial charge in [0.15, 0.2) is 0 Å². The zero-order valence-electron chi connectivity index (χ0n) is 25.8. The lowest BCUT2D eigenvalue weighted by Crippen LogP contribution is -2.15. The van der Waals surface area contributed by atoms with E-state index in [0.29, 0.717) is 6.54 Å². The van der Waals surface area contributed by atoms with Gasteiger partial charge in [-0.1, -0.05) is 49.1 Å². The zero-order valence-corrected chi connectivity index (χ0v) is 25.8. The molecule has 0 unspecified atom stereocenters. The van der Waals surface area contributed by atoms with Crippen molar-refractivity contribution in [2.24, 2.45) is 5.73 Å². The summed E-state index contributed by atoms with van der Waals surface area (Å²) >= 11 is 0. The minimum absolute atomic E-state index is 0.499. The lowest BCUT2D eigenvalue weighted by atomic mass is 9.82. The van der Waals surface area contributed by atoms with Gasteiger partial charge in [-0.2, -0.15) is 0 Å². The number of aromatic nitrogens is 2. The van der Waals surface area contributed by atoms with Gasteiger partial charge in [0.25, 0.3) is 0 Å². The maximum atomic E-state index is 6.07. The molecule has 0 saturated carbocycles. The molecule has 4 nitrogen and oxygen atoms in total. The van der Waals surface area contributed by atoms with Crippen molar-refractivity contribution >= 4 is 33.1 Å². The van der Waals surface area contributed by atoms with Crippen LogP contribution in [0.15, 0.2) is 133 Å². The fraction of sp³-hybridized carbons (Fsp3) is 0.122. The van der Waals surface area contributed by atoms with E-state index in [1.807, 2.05) is 13.1 Å². The number of hydrogen-bond donors (Lipinski definition) is 2. The summed E-state index contributed by atoms with van der Waals surface area (Å²) in [7, 11) is 2.12. The number of fused-ring (bicyclic) bond motifs is 8. The van der Waals surface area contributed by atoms with Crippen molar-refractivity contribution < 1.29 is 0 Å². The van der Waals surface area contributed by atoms with Crippen molar-refractivity contribution in [3.8, 4) is 27.9 Å². The van der Waals surface area contributed by atoms with Gasteiger partial charge in [-0.25, -0.2) is 0 Å². The van der Waals surface area contributed by atoms with Crippen LogP contribution in [0.25, 0.3) is 55.3 Å². The third kappa shape index (κ3) is 4.33. The highest BCUT2D eigenvalue weighted by atomic mass is 15.1.